The van der Waals surface area contributed by atoms with E-state index >= 15 is 0 Å². The van der Waals surface area contributed by atoms with Crippen molar-refractivity contribution in [1.29, 1.82) is 0 Å². The van der Waals surface area contributed by atoms with E-state index in [4.69, 9.17) is 28.4 Å². The summed E-state index contributed by atoms with van der Waals surface area (Å²) < 4.78 is 32.0. The highest BCUT2D eigenvalue weighted by atomic mass is 16.7. The first-order valence-electron chi connectivity index (χ1n) is 9.45. The molecule has 30 heavy (non-hydrogen) atoms. The number of cyclic esters (lactones) is 1. The van der Waals surface area contributed by atoms with Crippen LogP contribution < -0.4 is 23.7 Å². The van der Waals surface area contributed by atoms with Crippen molar-refractivity contribution in [3.05, 3.63) is 41.5 Å². The third-order valence-corrected chi connectivity index (χ3v) is 5.37. The molecule has 0 amide bonds. The van der Waals surface area contributed by atoms with Crippen molar-refractivity contribution < 1.29 is 38.0 Å². The monoisotopic (exact) mass is 414 g/mol. The average Bonchev–Trinajstić information content (AvgIpc) is 3.38. The van der Waals surface area contributed by atoms with Crippen LogP contribution in [0.2, 0.25) is 0 Å². The van der Waals surface area contributed by atoms with Crippen molar-refractivity contribution in [1.82, 2.24) is 0 Å². The molecule has 1 fully saturated rings. The maximum atomic E-state index is 13.1. The quantitative estimate of drug-likeness (QED) is 0.505. The fraction of sp³-hybridized carbons (Fsp3) is 0.364. The number of benzene rings is 2. The van der Waals surface area contributed by atoms with Gasteiger partial charge in [-0.25, -0.2) is 0 Å². The summed E-state index contributed by atoms with van der Waals surface area (Å²) in [5.41, 5.74) is 1.23. The van der Waals surface area contributed by atoms with Gasteiger partial charge in [0.2, 0.25) is 12.5 Å². The molecule has 0 aromatic heterocycles. The molecule has 0 unspecified atom stereocenters. The number of rotatable bonds is 7. The zero-order valence-electron chi connectivity index (χ0n) is 16.9. The van der Waals surface area contributed by atoms with Gasteiger partial charge in [-0.1, -0.05) is 0 Å². The van der Waals surface area contributed by atoms with E-state index in [9.17, 15) is 9.59 Å². The van der Waals surface area contributed by atoms with Crippen LogP contribution in [0.15, 0.2) is 30.3 Å². The van der Waals surface area contributed by atoms with Crippen molar-refractivity contribution in [2.75, 3.05) is 34.7 Å². The molecule has 158 valence electrons. The third kappa shape index (κ3) is 3.49. The predicted molar refractivity (Wildman–Crippen MR) is 105 cm³/mol. The molecule has 2 aromatic rings. The Balaban J connectivity index is 1.60. The largest absolute Gasteiger partial charge is 0.493 e. The number of ketones is 1. The Kier molecular flexibility index (Phi) is 5.39. The molecular formula is C22H22O8. The Morgan fingerprint density at radius 3 is 2.33 bits per heavy atom. The van der Waals surface area contributed by atoms with Crippen LogP contribution in [-0.4, -0.2) is 46.5 Å². The summed E-state index contributed by atoms with van der Waals surface area (Å²) in [6, 6.07) is 8.56. The van der Waals surface area contributed by atoms with Gasteiger partial charge in [0, 0.05) is 5.56 Å². The van der Waals surface area contributed by atoms with Crippen LogP contribution in [-0.2, 0) is 16.0 Å². The zero-order chi connectivity index (χ0) is 21.3. The van der Waals surface area contributed by atoms with Crippen LogP contribution in [0.3, 0.4) is 0 Å². The molecular weight excluding hydrogens is 392 g/mol. The summed E-state index contributed by atoms with van der Waals surface area (Å²) >= 11 is 0. The number of Topliss-reactive ketones (excluding diaryl/α,β-unsaturated/α-hetero) is 1. The lowest BCUT2D eigenvalue weighted by Crippen LogP contribution is -2.26. The van der Waals surface area contributed by atoms with Gasteiger partial charge in [0.25, 0.3) is 0 Å². The molecule has 0 saturated carbocycles. The van der Waals surface area contributed by atoms with Gasteiger partial charge in [0.15, 0.2) is 28.8 Å². The first-order valence-corrected chi connectivity index (χ1v) is 9.45. The Bertz CT molecular complexity index is 958. The molecule has 2 heterocycles. The highest BCUT2D eigenvalue weighted by Gasteiger charge is 2.42. The summed E-state index contributed by atoms with van der Waals surface area (Å²) in [4.78, 5) is 25.6. The van der Waals surface area contributed by atoms with Crippen LogP contribution in [0.25, 0.3) is 0 Å². The summed E-state index contributed by atoms with van der Waals surface area (Å²) in [6.45, 7) is 0.170. The minimum Gasteiger partial charge on any atom is -0.493 e. The lowest BCUT2D eigenvalue weighted by atomic mass is 9.84. The average molecular weight is 414 g/mol. The van der Waals surface area contributed by atoms with Crippen molar-refractivity contribution in [3.8, 4) is 28.7 Å². The van der Waals surface area contributed by atoms with Gasteiger partial charge in [0.05, 0.1) is 33.2 Å². The number of ether oxygens (including phenoxy) is 6. The first kappa shape index (κ1) is 19.9. The van der Waals surface area contributed by atoms with Gasteiger partial charge in [-0.2, -0.15) is 0 Å². The van der Waals surface area contributed by atoms with Gasteiger partial charge in [-0.15, -0.1) is 0 Å². The Morgan fingerprint density at radius 1 is 0.967 bits per heavy atom. The van der Waals surface area contributed by atoms with Crippen LogP contribution in [0.4, 0.5) is 0 Å². The van der Waals surface area contributed by atoms with Crippen molar-refractivity contribution >= 4 is 11.8 Å². The van der Waals surface area contributed by atoms with Crippen LogP contribution >= 0.6 is 0 Å². The molecule has 1 saturated heterocycles. The molecule has 8 heteroatoms. The van der Waals surface area contributed by atoms with E-state index in [1.807, 2.05) is 0 Å². The number of esters is 1. The van der Waals surface area contributed by atoms with E-state index in [-0.39, 0.29) is 19.2 Å². The van der Waals surface area contributed by atoms with Gasteiger partial charge < -0.3 is 28.4 Å². The van der Waals surface area contributed by atoms with Crippen LogP contribution in [0, 0.1) is 11.8 Å². The molecule has 8 nitrogen and oxygen atoms in total. The minimum absolute atomic E-state index is 0.0429. The highest BCUT2D eigenvalue weighted by molar-refractivity contribution is 6.01. The molecule has 0 N–H and O–H groups in total. The van der Waals surface area contributed by atoms with E-state index in [0.29, 0.717) is 40.7 Å². The van der Waals surface area contributed by atoms with Gasteiger partial charge >= 0.3 is 5.97 Å². The second kappa shape index (κ2) is 8.14. The number of hydrogen-bond acceptors (Lipinski definition) is 8. The molecule has 0 aliphatic carbocycles. The number of carbonyl (C=O) groups is 2. The first-order chi connectivity index (χ1) is 14.5. The highest BCUT2D eigenvalue weighted by Crippen LogP contribution is 2.40. The van der Waals surface area contributed by atoms with Crippen LogP contribution in [0.1, 0.15) is 15.9 Å². The van der Waals surface area contributed by atoms with E-state index in [1.54, 1.807) is 30.3 Å². The second-order valence-corrected chi connectivity index (χ2v) is 7.01. The fourth-order valence-corrected chi connectivity index (χ4v) is 3.81. The van der Waals surface area contributed by atoms with Gasteiger partial charge in [-0.05, 0) is 42.3 Å². The summed E-state index contributed by atoms with van der Waals surface area (Å²) in [6.07, 6.45) is 0.302. The van der Waals surface area contributed by atoms with Crippen molar-refractivity contribution in [2.45, 2.75) is 6.42 Å². The number of fused-ring (bicyclic) bond motifs is 1. The lowest BCUT2D eigenvalue weighted by Gasteiger charge is -2.17. The summed E-state index contributed by atoms with van der Waals surface area (Å²) in [7, 11) is 4.57. The standard InChI is InChI=1S/C22H22O8/c1-25-18-7-12(8-19(26-2)21(18)27-3)6-14-15(10-28-22(14)24)20(23)13-4-5-16-17(9-13)30-11-29-16/h4-5,7-9,14-15H,6,10-11H2,1-3H3/t14-,15-/m0/s1. The van der Waals surface area contributed by atoms with Crippen molar-refractivity contribution in [2.24, 2.45) is 11.8 Å². The van der Waals surface area contributed by atoms with E-state index in [1.165, 1.54) is 21.3 Å². The minimum atomic E-state index is -0.620. The number of hydrogen-bond donors (Lipinski definition) is 0. The summed E-state index contributed by atoms with van der Waals surface area (Å²) in [5, 5.41) is 0. The van der Waals surface area contributed by atoms with Gasteiger partial charge in [-0.3, -0.25) is 9.59 Å². The molecule has 2 aliphatic heterocycles. The normalized spacial score (nSPS) is 19.4. The number of carbonyl (C=O) groups excluding carboxylic acids is 2. The SMILES string of the molecule is COc1cc(C[C@@H]2C(=O)OC[C@@H]2C(=O)c2ccc3c(c2)OCO3)cc(OC)c1OC. The second-order valence-electron chi connectivity index (χ2n) is 7.01. The van der Waals surface area contributed by atoms with E-state index < -0.39 is 17.8 Å². The smallest absolute Gasteiger partial charge is 0.310 e. The van der Waals surface area contributed by atoms with Crippen LogP contribution in [0.5, 0.6) is 28.7 Å². The fourth-order valence-electron chi connectivity index (χ4n) is 3.81. The number of methoxy groups -OCH3 is 3. The molecule has 0 radical (unpaired) electrons. The molecule has 2 aliphatic rings. The third-order valence-electron chi connectivity index (χ3n) is 5.37. The van der Waals surface area contributed by atoms with Crippen molar-refractivity contribution in [3.63, 3.8) is 0 Å². The molecule has 2 aromatic carbocycles. The molecule has 0 bridgehead atoms. The molecule has 4 rings (SSSR count). The van der Waals surface area contributed by atoms with E-state index in [0.717, 1.165) is 5.56 Å². The zero-order valence-corrected chi connectivity index (χ0v) is 16.9. The lowest BCUT2D eigenvalue weighted by molar-refractivity contribution is -0.141. The maximum Gasteiger partial charge on any atom is 0.310 e. The van der Waals surface area contributed by atoms with E-state index in [2.05, 4.69) is 0 Å². The van der Waals surface area contributed by atoms with Gasteiger partial charge in [0.1, 0.15) is 6.61 Å². The summed E-state index contributed by atoms with van der Waals surface area (Å²) in [5.74, 6) is 0.758. The Hall–Kier alpha value is -3.42. The Morgan fingerprint density at radius 2 is 1.67 bits per heavy atom. The Labute approximate surface area is 173 Å². The predicted octanol–water partition coefficient (Wildman–Crippen LogP) is 2.66. The molecule has 2 atom stereocenters. The maximum absolute atomic E-state index is 13.1. The topological polar surface area (TPSA) is 89.5 Å². The molecule has 0 spiro atoms.